The fourth-order valence-corrected chi connectivity index (χ4v) is 1.91. The van der Waals surface area contributed by atoms with Crippen molar-refractivity contribution in [3.63, 3.8) is 0 Å². The fourth-order valence-electron chi connectivity index (χ4n) is 1.74. The molecule has 2 rings (SSSR count). The van der Waals surface area contributed by atoms with Gasteiger partial charge < -0.3 is 0 Å². The molecular weight excluding hydrogens is 280 g/mol. The molecule has 0 aromatic heterocycles. The second kappa shape index (κ2) is 5.21. The van der Waals surface area contributed by atoms with Gasteiger partial charge in [0, 0.05) is 11.4 Å². The van der Waals surface area contributed by atoms with Crippen LogP contribution in [0.1, 0.15) is 11.1 Å². The Morgan fingerprint density at radius 2 is 1.74 bits per heavy atom. The molecule has 5 heteroatoms. The molecule has 100 valence electrons. The number of rotatable bonds is 2. The Bertz CT molecular complexity index is 590. The molecule has 0 aliphatic rings. The predicted molar refractivity (Wildman–Crippen MR) is 66.4 cm³/mol. The van der Waals surface area contributed by atoms with Gasteiger partial charge in [-0.25, -0.2) is 4.39 Å². The molecule has 0 radical (unpaired) electrons. The summed E-state index contributed by atoms with van der Waals surface area (Å²) in [6.07, 6.45) is -4.44. The van der Waals surface area contributed by atoms with Crippen molar-refractivity contribution < 1.29 is 17.6 Å². The summed E-state index contributed by atoms with van der Waals surface area (Å²) >= 11 is 5.57. The first-order valence-corrected chi connectivity index (χ1v) is 5.97. The number of halogens is 5. The minimum atomic E-state index is -4.44. The van der Waals surface area contributed by atoms with E-state index in [9.17, 15) is 17.6 Å². The third-order valence-electron chi connectivity index (χ3n) is 2.69. The summed E-state index contributed by atoms with van der Waals surface area (Å²) in [5.74, 6) is -0.433. The molecule has 19 heavy (non-hydrogen) atoms. The molecule has 0 amide bonds. The lowest BCUT2D eigenvalue weighted by Gasteiger charge is -2.10. The third-order valence-corrected chi connectivity index (χ3v) is 3.00. The Morgan fingerprint density at radius 1 is 1.00 bits per heavy atom. The van der Waals surface area contributed by atoms with E-state index in [0.717, 1.165) is 12.1 Å². The first kappa shape index (κ1) is 13.9. The van der Waals surface area contributed by atoms with E-state index in [1.807, 2.05) is 0 Å². The average molecular weight is 289 g/mol. The molecular formula is C14H9ClF4. The fraction of sp³-hybridized carbons (Fsp3) is 0.143. The van der Waals surface area contributed by atoms with Crippen LogP contribution < -0.4 is 0 Å². The van der Waals surface area contributed by atoms with E-state index in [1.165, 1.54) is 24.3 Å². The summed E-state index contributed by atoms with van der Waals surface area (Å²) in [5, 5.41) is 0. The van der Waals surface area contributed by atoms with Crippen LogP contribution in [-0.4, -0.2) is 0 Å². The van der Waals surface area contributed by atoms with Crippen LogP contribution in [0.4, 0.5) is 17.6 Å². The van der Waals surface area contributed by atoms with Crippen molar-refractivity contribution in [3.8, 4) is 11.1 Å². The van der Waals surface area contributed by atoms with E-state index in [1.54, 1.807) is 6.07 Å². The first-order chi connectivity index (χ1) is 8.91. The van der Waals surface area contributed by atoms with Gasteiger partial charge in [-0.1, -0.05) is 24.3 Å². The lowest BCUT2D eigenvalue weighted by atomic mass is 10.0. The van der Waals surface area contributed by atoms with E-state index < -0.39 is 17.6 Å². The van der Waals surface area contributed by atoms with Gasteiger partial charge in [-0.3, -0.25) is 0 Å². The van der Waals surface area contributed by atoms with Crippen molar-refractivity contribution in [2.24, 2.45) is 0 Å². The molecule has 2 aromatic rings. The molecule has 0 N–H and O–H groups in total. The molecule has 0 fully saturated rings. The van der Waals surface area contributed by atoms with Crippen molar-refractivity contribution in [3.05, 3.63) is 59.4 Å². The molecule has 0 unspecified atom stereocenters. The molecule has 0 heterocycles. The molecule has 2 aromatic carbocycles. The van der Waals surface area contributed by atoms with Gasteiger partial charge in [0.05, 0.1) is 5.56 Å². The molecule has 0 aliphatic carbocycles. The van der Waals surface area contributed by atoms with Gasteiger partial charge in [-0.05, 0) is 29.3 Å². The van der Waals surface area contributed by atoms with Crippen molar-refractivity contribution in [1.82, 2.24) is 0 Å². The molecule has 0 aliphatic heterocycles. The predicted octanol–water partition coefficient (Wildman–Crippen LogP) is 5.25. The van der Waals surface area contributed by atoms with Gasteiger partial charge in [0.25, 0.3) is 0 Å². The van der Waals surface area contributed by atoms with Crippen LogP contribution in [0.5, 0.6) is 0 Å². The highest BCUT2D eigenvalue weighted by atomic mass is 35.5. The van der Waals surface area contributed by atoms with Gasteiger partial charge in [0.1, 0.15) is 5.82 Å². The van der Waals surface area contributed by atoms with Gasteiger partial charge in [-0.2, -0.15) is 13.2 Å². The van der Waals surface area contributed by atoms with Gasteiger partial charge in [0.15, 0.2) is 0 Å². The zero-order chi connectivity index (χ0) is 14.0. The number of benzene rings is 2. The Kier molecular flexibility index (Phi) is 3.80. The number of alkyl halides is 4. The van der Waals surface area contributed by atoms with Crippen LogP contribution in [0.15, 0.2) is 42.5 Å². The zero-order valence-electron chi connectivity index (χ0n) is 9.64. The molecule has 0 nitrogen and oxygen atoms in total. The van der Waals surface area contributed by atoms with Crippen LogP contribution >= 0.6 is 11.6 Å². The summed E-state index contributed by atoms with van der Waals surface area (Å²) in [6.45, 7) is 0. The highest BCUT2D eigenvalue weighted by Gasteiger charge is 2.30. The lowest BCUT2D eigenvalue weighted by Crippen LogP contribution is -2.04. The van der Waals surface area contributed by atoms with E-state index >= 15 is 0 Å². The van der Waals surface area contributed by atoms with Crippen LogP contribution in [0.25, 0.3) is 11.1 Å². The standard InChI is InChI=1S/C14H9ClF4/c15-8-9-4-5-12(13(16)6-9)10-2-1-3-11(7-10)14(17,18)19/h1-7H,8H2. The molecule has 0 saturated carbocycles. The minimum Gasteiger partial charge on any atom is -0.206 e. The Balaban J connectivity index is 2.48. The second-order valence-corrected chi connectivity index (χ2v) is 4.29. The average Bonchev–Trinajstić information content (AvgIpc) is 2.37. The normalized spacial score (nSPS) is 11.6. The topological polar surface area (TPSA) is 0 Å². The maximum atomic E-state index is 13.8. The second-order valence-electron chi connectivity index (χ2n) is 4.03. The third kappa shape index (κ3) is 3.07. The van der Waals surface area contributed by atoms with Crippen LogP contribution in [0.3, 0.4) is 0 Å². The summed E-state index contributed by atoms with van der Waals surface area (Å²) in [4.78, 5) is 0. The molecule has 0 spiro atoms. The van der Waals surface area contributed by atoms with E-state index in [2.05, 4.69) is 0 Å². The van der Waals surface area contributed by atoms with Crippen molar-refractivity contribution in [2.75, 3.05) is 0 Å². The van der Waals surface area contributed by atoms with Gasteiger partial charge in [-0.15, -0.1) is 11.6 Å². The Morgan fingerprint density at radius 3 is 2.32 bits per heavy atom. The quantitative estimate of drug-likeness (QED) is 0.523. The van der Waals surface area contributed by atoms with E-state index in [-0.39, 0.29) is 17.0 Å². The van der Waals surface area contributed by atoms with Crippen LogP contribution in [0.2, 0.25) is 0 Å². The molecule has 0 saturated heterocycles. The zero-order valence-corrected chi connectivity index (χ0v) is 10.4. The van der Waals surface area contributed by atoms with Crippen molar-refractivity contribution >= 4 is 11.6 Å². The largest absolute Gasteiger partial charge is 0.416 e. The lowest BCUT2D eigenvalue weighted by molar-refractivity contribution is -0.137. The molecule has 0 bridgehead atoms. The highest BCUT2D eigenvalue weighted by Crippen LogP contribution is 2.33. The van der Waals surface area contributed by atoms with Crippen molar-refractivity contribution in [1.29, 1.82) is 0 Å². The SMILES string of the molecule is Fc1cc(CCl)ccc1-c1cccc(C(F)(F)F)c1. The monoisotopic (exact) mass is 288 g/mol. The van der Waals surface area contributed by atoms with Crippen LogP contribution in [-0.2, 0) is 12.1 Å². The molecule has 0 atom stereocenters. The Labute approximate surface area is 112 Å². The first-order valence-electron chi connectivity index (χ1n) is 5.44. The van der Waals surface area contributed by atoms with E-state index in [4.69, 9.17) is 11.6 Å². The summed E-state index contributed by atoms with van der Waals surface area (Å²) < 4.78 is 51.6. The minimum absolute atomic E-state index is 0.125. The number of hydrogen-bond acceptors (Lipinski definition) is 0. The van der Waals surface area contributed by atoms with Gasteiger partial charge in [0.2, 0.25) is 0 Å². The smallest absolute Gasteiger partial charge is 0.206 e. The highest BCUT2D eigenvalue weighted by molar-refractivity contribution is 6.17. The summed E-state index contributed by atoms with van der Waals surface area (Å²) in [7, 11) is 0. The van der Waals surface area contributed by atoms with E-state index in [0.29, 0.717) is 5.56 Å². The summed E-state index contributed by atoms with van der Waals surface area (Å²) in [5.41, 5.74) is 0.0918. The maximum Gasteiger partial charge on any atom is 0.416 e. The number of hydrogen-bond donors (Lipinski definition) is 0. The summed E-state index contributed by atoms with van der Waals surface area (Å²) in [6, 6.07) is 8.82. The van der Waals surface area contributed by atoms with Gasteiger partial charge >= 0.3 is 6.18 Å². The Hall–Kier alpha value is -1.55. The van der Waals surface area contributed by atoms with Crippen molar-refractivity contribution in [2.45, 2.75) is 12.1 Å². The van der Waals surface area contributed by atoms with Crippen LogP contribution in [0, 0.1) is 5.82 Å². The maximum absolute atomic E-state index is 13.8.